The summed E-state index contributed by atoms with van der Waals surface area (Å²) in [6, 6.07) is 7.03. The summed E-state index contributed by atoms with van der Waals surface area (Å²) in [7, 11) is 1.82. The second-order valence-electron chi connectivity index (χ2n) is 8.20. The van der Waals surface area contributed by atoms with Crippen molar-refractivity contribution in [3.05, 3.63) is 35.6 Å². The van der Waals surface area contributed by atoms with Crippen LogP contribution in [0, 0.1) is 5.82 Å². The maximum atomic E-state index is 13.6. The van der Waals surface area contributed by atoms with Crippen molar-refractivity contribution in [2.45, 2.75) is 30.2 Å². The summed E-state index contributed by atoms with van der Waals surface area (Å²) in [5.41, 5.74) is 1.32. The molecule has 1 atom stereocenters. The van der Waals surface area contributed by atoms with Crippen molar-refractivity contribution in [3.63, 3.8) is 0 Å². The second kappa shape index (κ2) is 8.59. The number of halogens is 1. The molecule has 2 heterocycles. The van der Waals surface area contributed by atoms with Gasteiger partial charge < -0.3 is 15.4 Å². The highest BCUT2D eigenvalue weighted by atomic mass is 32.2. The van der Waals surface area contributed by atoms with E-state index in [-0.39, 0.29) is 16.8 Å². The van der Waals surface area contributed by atoms with Crippen molar-refractivity contribution in [2.24, 2.45) is 4.99 Å². The Labute approximate surface area is 171 Å². The fourth-order valence-electron chi connectivity index (χ4n) is 4.39. The molecule has 1 aliphatic carbocycles. The Kier molecular flexibility index (Phi) is 6.13. The Hall–Kier alpha value is -1.31. The smallest absolute Gasteiger partial charge is 0.191 e. The summed E-state index contributed by atoms with van der Waals surface area (Å²) < 4.78 is 19.2. The highest BCUT2D eigenvalue weighted by Crippen LogP contribution is 2.47. The molecule has 0 spiro atoms. The SMILES string of the molecule is CN=C(NCC1(c2cccc(F)c2)CC1)NCC1(N2CCOCC2)CCSC1. The van der Waals surface area contributed by atoms with Crippen LogP contribution >= 0.6 is 11.8 Å². The Bertz CT molecular complexity index is 697. The van der Waals surface area contributed by atoms with Gasteiger partial charge >= 0.3 is 0 Å². The van der Waals surface area contributed by atoms with Crippen LogP contribution < -0.4 is 10.6 Å². The standard InChI is InChI=1S/C21H31FN4OS/c1-23-19(24-14-20(5-6-20)17-3-2-4-18(22)13-17)25-15-21(7-12-28-16-21)26-8-10-27-11-9-26/h2-4,13H,5-12,14-16H2,1H3,(H2,23,24,25). The van der Waals surface area contributed by atoms with Crippen molar-refractivity contribution >= 4 is 17.7 Å². The summed E-state index contributed by atoms with van der Waals surface area (Å²) in [4.78, 5) is 7.04. The van der Waals surface area contributed by atoms with Gasteiger partial charge in [-0.25, -0.2) is 4.39 Å². The Morgan fingerprint density at radius 1 is 1.21 bits per heavy atom. The van der Waals surface area contributed by atoms with Crippen LogP contribution in [0.15, 0.2) is 29.3 Å². The first-order valence-electron chi connectivity index (χ1n) is 10.3. The molecule has 5 nitrogen and oxygen atoms in total. The van der Waals surface area contributed by atoms with Gasteiger partial charge in [0.1, 0.15) is 5.82 Å². The van der Waals surface area contributed by atoms with E-state index in [1.165, 1.54) is 18.2 Å². The molecule has 1 saturated carbocycles. The minimum absolute atomic E-state index is 0.0465. The Morgan fingerprint density at radius 3 is 2.64 bits per heavy atom. The van der Waals surface area contributed by atoms with E-state index in [9.17, 15) is 4.39 Å². The molecule has 2 N–H and O–H groups in total. The third kappa shape index (κ3) is 4.31. The number of benzene rings is 1. The number of thioether (sulfide) groups is 1. The summed E-state index contributed by atoms with van der Waals surface area (Å²) in [6.07, 6.45) is 3.39. The predicted octanol–water partition coefficient (Wildman–Crippen LogP) is 2.23. The lowest BCUT2D eigenvalue weighted by Crippen LogP contribution is -2.60. The van der Waals surface area contributed by atoms with Gasteiger partial charge in [-0.3, -0.25) is 9.89 Å². The number of nitrogens with zero attached hydrogens (tertiary/aromatic N) is 2. The Morgan fingerprint density at radius 2 is 2.00 bits per heavy atom. The molecule has 3 aliphatic rings. The number of rotatable bonds is 6. The fraction of sp³-hybridized carbons (Fsp3) is 0.667. The van der Waals surface area contributed by atoms with Crippen LogP contribution in [0.3, 0.4) is 0 Å². The molecule has 1 unspecified atom stereocenters. The van der Waals surface area contributed by atoms with Crippen molar-refractivity contribution in [1.29, 1.82) is 0 Å². The predicted molar refractivity (Wildman–Crippen MR) is 114 cm³/mol. The first-order chi connectivity index (χ1) is 13.7. The van der Waals surface area contributed by atoms with Gasteiger partial charge in [0.05, 0.1) is 13.2 Å². The second-order valence-corrected chi connectivity index (χ2v) is 9.30. The van der Waals surface area contributed by atoms with Crippen LogP contribution in [-0.4, -0.2) is 74.3 Å². The van der Waals surface area contributed by atoms with E-state index in [1.54, 1.807) is 6.07 Å². The molecule has 2 saturated heterocycles. The van der Waals surface area contributed by atoms with Crippen molar-refractivity contribution in [3.8, 4) is 0 Å². The Balaban J connectivity index is 1.34. The maximum Gasteiger partial charge on any atom is 0.191 e. The number of hydrogen-bond donors (Lipinski definition) is 2. The van der Waals surface area contributed by atoms with Gasteiger partial charge in [0.2, 0.25) is 0 Å². The molecule has 28 heavy (non-hydrogen) atoms. The van der Waals surface area contributed by atoms with E-state index in [4.69, 9.17) is 4.74 Å². The minimum Gasteiger partial charge on any atom is -0.379 e. The van der Waals surface area contributed by atoms with Gasteiger partial charge in [0.15, 0.2) is 5.96 Å². The van der Waals surface area contributed by atoms with E-state index in [1.807, 2.05) is 30.9 Å². The van der Waals surface area contributed by atoms with Gasteiger partial charge in [0.25, 0.3) is 0 Å². The van der Waals surface area contributed by atoms with Gasteiger partial charge in [-0.15, -0.1) is 0 Å². The molecule has 7 heteroatoms. The zero-order valence-corrected chi connectivity index (χ0v) is 17.5. The van der Waals surface area contributed by atoms with Crippen molar-refractivity contribution in [1.82, 2.24) is 15.5 Å². The normalized spacial score (nSPS) is 27.6. The number of hydrogen-bond acceptors (Lipinski definition) is 4. The lowest BCUT2D eigenvalue weighted by molar-refractivity contribution is -0.0120. The van der Waals surface area contributed by atoms with Crippen LogP contribution in [0.4, 0.5) is 4.39 Å². The molecule has 4 rings (SSSR count). The average Bonchev–Trinajstić information content (AvgIpc) is 3.37. The quantitative estimate of drug-likeness (QED) is 0.561. The lowest BCUT2D eigenvalue weighted by atomic mass is 9.95. The molecule has 2 aliphatic heterocycles. The molecule has 154 valence electrons. The zero-order chi connectivity index (χ0) is 19.5. The van der Waals surface area contributed by atoms with Gasteiger partial charge in [-0.05, 0) is 42.7 Å². The number of ether oxygens (including phenoxy) is 1. The molecule has 1 aromatic rings. The van der Waals surface area contributed by atoms with Crippen LogP contribution in [0.2, 0.25) is 0 Å². The fourth-order valence-corrected chi connectivity index (χ4v) is 5.87. The molecular formula is C21H31FN4OS. The molecular weight excluding hydrogens is 375 g/mol. The molecule has 0 aromatic heterocycles. The largest absolute Gasteiger partial charge is 0.379 e. The van der Waals surface area contributed by atoms with Crippen molar-refractivity contribution < 1.29 is 9.13 Å². The maximum absolute atomic E-state index is 13.6. The summed E-state index contributed by atoms with van der Waals surface area (Å²) in [5.74, 6) is 3.06. The van der Waals surface area contributed by atoms with Crippen LogP contribution in [0.5, 0.6) is 0 Å². The first kappa shape index (κ1) is 20.0. The van der Waals surface area contributed by atoms with E-state index in [2.05, 4.69) is 20.5 Å². The van der Waals surface area contributed by atoms with Crippen LogP contribution in [0.1, 0.15) is 24.8 Å². The third-order valence-electron chi connectivity index (χ3n) is 6.46. The summed E-state index contributed by atoms with van der Waals surface area (Å²) in [6.45, 7) is 5.36. The van der Waals surface area contributed by atoms with Crippen LogP contribution in [-0.2, 0) is 10.2 Å². The average molecular weight is 407 g/mol. The van der Waals surface area contributed by atoms with Gasteiger partial charge in [0, 0.05) is 49.9 Å². The topological polar surface area (TPSA) is 48.9 Å². The summed E-state index contributed by atoms with van der Waals surface area (Å²) in [5, 5.41) is 7.08. The zero-order valence-electron chi connectivity index (χ0n) is 16.7. The van der Waals surface area contributed by atoms with Crippen molar-refractivity contribution in [2.75, 3.05) is 57.9 Å². The molecule has 0 amide bonds. The number of nitrogens with one attached hydrogen (secondary N) is 2. The molecule has 1 aromatic carbocycles. The number of morpholine rings is 1. The minimum atomic E-state index is -0.155. The molecule has 0 radical (unpaired) electrons. The molecule has 3 fully saturated rings. The lowest BCUT2D eigenvalue weighted by Gasteiger charge is -2.43. The van der Waals surface area contributed by atoms with E-state index < -0.39 is 0 Å². The number of guanidine groups is 1. The number of aliphatic imine (C=N–C) groups is 1. The highest BCUT2D eigenvalue weighted by Gasteiger charge is 2.45. The van der Waals surface area contributed by atoms with Gasteiger partial charge in [-0.1, -0.05) is 12.1 Å². The third-order valence-corrected chi connectivity index (χ3v) is 7.69. The van der Waals surface area contributed by atoms with E-state index >= 15 is 0 Å². The molecule has 0 bridgehead atoms. The van der Waals surface area contributed by atoms with E-state index in [0.29, 0.717) is 0 Å². The van der Waals surface area contributed by atoms with Gasteiger partial charge in [-0.2, -0.15) is 11.8 Å². The first-order valence-corrected chi connectivity index (χ1v) is 11.4. The van der Waals surface area contributed by atoms with E-state index in [0.717, 1.165) is 69.5 Å². The van der Waals surface area contributed by atoms with Crippen LogP contribution in [0.25, 0.3) is 0 Å². The summed E-state index contributed by atoms with van der Waals surface area (Å²) >= 11 is 2.04. The highest BCUT2D eigenvalue weighted by molar-refractivity contribution is 7.99. The monoisotopic (exact) mass is 406 g/mol.